The summed E-state index contributed by atoms with van der Waals surface area (Å²) in [5, 5.41) is 15.7. The summed E-state index contributed by atoms with van der Waals surface area (Å²) in [6.45, 7) is 0.284. The van der Waals surface area contributed by atoms with Crippen LogP contribution in [0.3, 0.4) is 0 Å². The van der Waals surface area contributed by atoms with Gasteiger partial charge in [-0.1, -0.05) is 0 Å². The maximum atomic E-state index is 11.4. The van der Waals surface area contributed by atoms with Gasteiger partial charge in [0.2, 0.25) is 5.91 Å². The Morgan fingerprint density at radius 1 is 1.15 bits per heavy atom. The number of hydrogen-bond acceptors (Lipinski definition) is 4. The van der Waals surface area contributed by atoms with Crippen molar-refractivity contribution in [1.82, 2.24) is 20.9 Å². The lowest BCUT2D eigenvalue weighted by molar-refractivity contribution is -0.140. The third kappa shape index (κ3) is 7.74. The third-order valence-electron chi connectivity index (χ3n) is 2.10. The third-order valence-corrected chi connectivity index (χ3v) is 2.10. The number of aliphatic carboxylic acids is 1. The second kappa shape index (κ2) is 8.56. The molecule has 1 unspecified atom stereocenters. The van der Waals surface area contributed by atoms with E-state index in [-0.39, 0.29) is 19.1 Å². The summed E-state index contributed by atoms with van der Waals surface area (Å²) in [4.78, 5) is 45.2. The van der Waals surface area contributed by atoms with Crippen LogP contribution < -0.4 is 21.7 Å². The number of primary amides is 1. The lowest BCUT2D eigenvalue weighted by Crippen LogP contribution is -2.49. The molecular formula is C10H19N5O5. The second-order valence-electron chi connectivity index (χ2n) is 4.09. The number of rotatable bonds is 7. The van der Waals surface area contributed by atoms with Gasteiger partial charge in [0.1, 0.15) is 6.04 Å². The average Bonchev–Trinajstić information content (AvgIpc) is 2.32. The van der Waals surface area contributed by atoms with E-state index >= 15 is 0 Å². The van der Waals surface area contributed by atoms with Crippen LogP contribution in [0.4, 0.5) is 9.59 Å². The Labute approximate surface area is 115 Å². The maximum absolute atomic E-state index is 11.4. The molecular weight excluding hydrogens is 270 g/mol. The summed E-state index contributed by atoms with van der Waals surface area (Å²) < 4.78 is 0. The number of carbonyl (C=O) groups is 4. The van der Waals surface area contributed by atoms with Gasteiger partial charge in [0.15, 0.2) is 0 Å². The van der Waals surface area contributed by atoms with Crippen molar-refractivity contribution < 1.29 is 24.3 Å². The molecule has 10 heteroatoms. The zero-order valence-corrected chi connectivity index (χ0v) is 11.3. The molecule has 0 saturated carbocycles. The molecule has 0 rings (SSSR count). The fourth-order valence-corrected chi connectivity index (χ4v) is 1.11. The highest BCUT2D eigenvalue weighted by atomic mass is 16.4. The normalized spacial score (nSPS) is 11.1. The minimum absolute atomic E-state index is 0.105. The van der Waals surface area contributed by atoms with E-state index in [1.165, 1.54) is 4.90 Å². The first-order chi connectivity index (χ1) is 9.23. The Morgan fingerprint density at radius 3 is 2.15 bits per heavy atom. The molecule has 114 valence electrons. The topological polar surface area (TPSA) is 154 Å². The van der Waals surface area contributed by atoms with Gasteiger partial charge in [0, 0.05) is 27.2 Å². The van der Waals surface area contributed by atoms with Crippen LogP contribution in [-0.4, -0.2) is 67.2 Å². The minimum Gasteiger partial charge on any atom is -0.480 e. The van der Waals surface area contributed by atoms with E-state index in [1.807, 2.05) is 0 Å². The van der Waals surface area contributed by atoms with Crippen LogP contribution in [0.15, 0.2) is 0 Å². The van der Waals surface area contributed by atoms with E-state index in [9.17, 15) is 19.2 Å². The van der Waals surface area contributed by atoms with Gasteiger partial charge in [-0.25, -0.2) is 14.4 Å². The molecule has 0 aromatic heterocycles. The molecule has 0 aliphatic carbocycles. The van der Waals surface area contributed by atoms with Gasteiger partial charge in [-0.2, -0.15) is 0 Å². The first-order valence-corrected chi connectivity index (χ1v) is 5.74. The number of carbonyl (C=O) groups excluding carboxylic acids is 3. The lowest BCUT2D eigenvalue weighted by atomic mass is 10.2. The Morgan fingerprint density at radius 2 is 1.70 bits per heavy atom. The Bertz CT molecular complexity index is 384. The highest BCUT2D eigenvalue weighted by Crippen LogP contribution is 1.91. The zero-order chi connectivity index (χ0) is 15.7. The number of nitrogens with two attached hydrogens (primary N) is 1. The number of nitrogens with zero attached hydrogens (tertiary/aromatic N) is 1. The fraction of sp³-hybridized carbons (Fsp3) is 0.600. The van der Waals surface area contributed by atoms with Crippen LogP contribution in [0.25, 0.3) is 0 Å². The predicted molar refractivity (Wildman–Crippen MR) is 68.9 cm³/mol. The molecule has 0 aromatic rings. The van der Waals surface area contributed by atoms with Crippen LogP contribution in [0.5, 0.6) is 0 Å². The van der Waals surface area contributed by atoms with Crippen LogP contribution in [0, 0.1) is 0 Å². The monoisotopic (exact) mass is 289 g/mol. The number of carboxylic acids is 1. The highest BCUT2D eigenvalue weighted by Gasteiger charge is 2.21. The minimum atomic E-state index is -1.39. The molecule has 0 saturated heterocycles. The predicted octanol–water partition coefficient (Wildman–Crippen LogP) is -2.11. The number of nitrogens with one attached hydrogen (secondary N) is 3. The van der Waals surface area contributed by atoms with Crippen molar-refractivity contribution in [2.75, 3.05) is 27.2 Å². The van der Waals surface area contributed by atoms with Gasteiger partial charge in [0.25, 0.3) is 0 Å². The van der Waals surface area contributed by atoms with E-state index < -0.39 is 30.4 Å². The molecule has 0 aromatic carbocycles. The van der Waals surface area contributed by atoms with Crippen molar-refractivity contribution in [2.24, 2.45) is 5.73 Å². The number of amides is 5. The van der Waals surface area contributed by atoms with E-state index in [0.717, 1.165) is 0 Å². The molecule has 5 amide bonds. The van der Waals surface area contributed by atoms with Crippen LogP contribution >= 0.6 is 0 Å². The van der Waals surface area contributed by atoms with Crippen molar-refractivity contribution in [3.05, 3.63) is 0 Å². The number of hydrogen-bond donors (Lipinski definition) is 5. The SMILES string of the molecule is CN(C)C(=O)NCCNC(=O)NC(CC(N)=O)C(=O)O. The Hall–Kier alpha value is -2.52. The van der Waals surface area contributed by atoms with Gasteiger partial charge >= 0.3 is 18.0 Å². The highest BCUT2D eigenvalue weighted by molar-refractivity contribution is 5.87. The van der Waals surface area contributed by atoms with Crippen molar-refractivity contribution in [2.45, 2.75) is 12.5 Å². The van der Waals surface area contributed by atoms with Crippen LogP contribution in [0.2, 0.25) is 0 Å². The van der Waals surface area contributed by atoms with Gasteiger partial charge < -0.3 is 31.7 Å². The van der Waals surface area contributed by atoms with Crippen LogP contribution in [0.1, 0.15) is 6.42 Å². The van der Waals surface area contributed by atoms with E-state index in [1.54, 1.807) is 14.1 Å². The summed E-state index contributed by atoms with van der Waals surface area (Å²) in [5.74, 6) is -2.20. The van der Waals surface area contributed by atoms with Crippen molar-refractivity contribution in [3.8, 4) is 0 Å². The average molecular weight is 289 g/mol. The maximum Gasteiger partial charge on any atom is 0.326 e. The molecule has 1 atom stereocenters. The number of urea groups is 2. The molecule has 0 radical (unpaired) electrons. The van der Waals surface area contributed by atoms with Gasteiger partial charge in [0.05, 0.1) is 6.42 Å². The summed E-state index contributed by atoms with van der Waals surface area (Å²) in [5.41, 5.74) is 4.86. The second-order valence-corrected chi connectivity index (χ2v) is 4.09. The summed E-state index contributed by atoms with van der Waals surface area (Å²) in [6.07, 6.45) is -0.500. The van der Waals surface area contributed by atoms with Crippen molar-refractivity contribution >= 4 is 23.9 Å². The number of carboxylic acid groups (broad SMARTS) is 1. The van der Waals surface area contributed by atoms with Gasteiger partial charge in [-0.3, -0.25) is 4.79 Å². The van der Waals surface area contributed by atoms with E-state index in [2.05, 4.69) is 16.0 Å². The van der Waals surface area contributed by atoms with E-state index in [0.29, 0.717) is 0 Å². The molecule has 0 aliphatic heterocycles. The van der Waals surface area contributed by atoms with Crippen molar-refractivity contribution in [1.29, 1.82) is 0 Å². The van der Waals surface area contributed by atoms with Gasteiger partial charge in [-0.05, 0) is 0 Å². The first-order valence-electron chi connectivity index (χ1n) is 5.74. The quantitative estimate of drug-likeness (QED) is 0.339. The fourth-order valence-electron chi connectivity index (χ4n) is 1.11. The smallest absolute Gasteiger partial charge is 0.326 e. The molecule has 0 spiro atoms. The summed E-state index contributed by atoms with van der Waals surface area (Å²) in [6, 6.07) is -2.47. The lowest BCUT2D eigenvalue weighted by Gasteiger charge is -2.15. The molecule has 20 heavy (non-hydrogen) atoms. The Balaban J connectivity index is 4.00. The zero-order valence-electron chi connectivity index (χ0n) is 11.3. The van der Waals surface area contributed by atoms with E-state index in [4.69, 9.17) is 10.8 Å². The molecule has 0 bridgehead atoms. The Kier molecular flexibility index (Phi) is 7.48. The summed E-state index contributed by atoms with van der Waals surface area (Å²) >= 11 is 0. The molecule has 6 N–H and O–H groups in total. The summed E-state index contributed by atoms with van der Waals surface area (Å²) in [7, 11) is 3.13. The molecule has 0 fully saturated rings. The van der Waals surface area contributed by atoms with Crippen LogP contribution in [-0.2, 0) is 9.59 Å². The molecule has 0 heterocycles. The van der Waals surface area contributed by atoms with Gasteiger partial charge in [-0.15, -0.1) is 0 Å². The standard InChI is InChI=1S/C10H19N5O5/c1-15(2)10(20)13-4-3-12-9(19)14-6(8(17)18)5-7(11)16/h6H,3-5H2,1-2H3,(H2,11,16)(H,13,20)(H,17,18)(H2,12,14,19). The largest absolute Gasteiger partial charge is 0.480 e. The molecule has 10 nitrogen and oxygen atoms in total. The van der Waals surface area contributed by atoms with Crippen molar-refractivity contribution in [3.63, 3.8) is 0 Å². The first kappa shape index (κ1) is 17.5. The molecule has 0 aliphatic rings.